The molecule has 0 aromatic rings. The van der Waals surface area contributed by atoms with Crippen molar-refractivity contribution < 1.29 is 0 Å². The molecule has 3 aliphatic carbocycles. The van der Waals surface area contributed by atoms with Gasteiger partial charge in [0.2, 0.25) is 0 Å². The van der Waals surface area contributed by atoms with Crippen molar-refractivity contribution in [2.24, 2.45) is 34.8 Å². The van der Waals surface area contributed by atoms with E-state index in [2.05, 4.69) is 27.4 Å². The van der Waals surface area contributed by atoms with E-state index in [0.29, 0.717) is 11.3 Å². The topological polar surface area (TPSA) is 26.0 Å². The molecule has 0 aromatic carbocycles. The SMILES string of the molecule is C=C(C)C[C@H]1CC[C@@]2(C)[C@@H]3CC[C@H](C)[C@@H]3C12N. The minimum Gasteiger partial charge on any atom is -0.324 e. The molecule has 1 heteroatoms. The third kappa shape index (κ3) is 1.19. The molecule has 0 saturated heterocycles. The first-order valence-corrected chi connectivity index (χ1v) is 7.34. The standard InChI is InChI=1S/C16H27N/c1-10(2)9-12-7-8-15(4)13-6-5-11(3)14(13)16(12,15)17/h11-14H,1,5-9,17H2,2-4H3/t11-,12+,13+,14-,15-,16?/m0/s1. The van der Waals surface area contributed by atoms with Crippen LogP contribution in [0, 0.1) is 29.1 Å². The summed E-state index contributed by atoms with van der Waals surface area (Å²) < 4.78 is 0. The zero-order valence-electron chi connectivity index (χ0n) is 11.6. The first-order valence-electron chi connectivity index (χ1n) is 7.34. The van der Waals surface area contributed by atoms with E-state index in [1.807, 2.05) is 0 Å². The summed E-state index contributed by atoms with van der Waals surface area (Å²) in [6, 6.07) is 0. The maximum absolute atomic E-state index is 6.97. The van der Waals surface area contributed by atoms with Gasteiger partial charge >= 0.3 is 0 Å². The van der Waals surface area contributed by atoms with Crippen LogP contribution in [0.25, 0.3) is 0 Å². The smallest absolute Gasteiger partial charge is 0.0277 e. The predicted molar refractivity (Wildman–Crippen MR) is 72.6 cm³/mol. The third-order valence-electron chi connectivity index (χ3n) is 6.62. The molecule has 1 unspecified atom stereocenters. The highest BCUT2D eigenvalue weighted by atomic mass is 15.0. The molecule has 3 fully saturated rings. The Kier molecular flexibility index (Phi) is 2.34. The van der Waals surface area contributed by atoms with Gasteiger partial charge in [-0.25, -0.2) is 0 Å². The molecule has 3 rings (SSSR count). The Morgan fingerprint density at radius 3 is 2.71 bits per heavy atom. The number of rotatable bonds is 2. The van der Waals surface area contributed by atoms with Crippen molar-refractivity contribution in [1.29, 1.82) is 0 Å². The summed E-state index contributed by atoms with van der Waals surface area (Å²) >= 11 is 0. The Balaban J connectivity index is 1.92. The van der Waals surface area contributed by atoms with Crippen LogP contribution in [0.2, 0.25) is 0 Å². The first-order chi connectivity index (χ1) is 7.91. The molecule has 2 N–H and O–H groups in total. The summed E-state index contributed by atoms with van der Waals surface area (Å²) in [5.41, 5.74) is 8.87. The average molecular weight is 233 g/mol. The van der Waals surface area contributed by atoms with Crippen molar-refractivity contribution in [3.63, 3.8) is 0 Å². The van der Waals surface area contributed by atoms with Crippen LogP contribution in [0.15, 0.2) is 12.2 Å². The van der Waals surface area contributed by atoms with Gasteiger partial charge in [0.05, 0.1) is 0 Å². The Hall–Kier alpha value is -0.300. The third-order valence-corrected chi connectivity index (χ3v) is 6.62. The van der Waals surface area contributed by atoms with Crippen molar-refractivity contribution in [2.45, 2.75) is 58.4 Å². The van der Waals surface area contributed by atoms with Crippen LogP contribution >= 0.6 is 0 Å². The highest BCUT2D eigenvalue weighted by Gasteiger charge is 2.74. The Morgan fingerprint density at radius 1 is 1.35 bits per heavy atom. The van der Waals surface area contributed by atoms with Crippen LogP contribution in [-0.4, -0.2) is 5.54 Å². The predicted octanol–water partition coefficient (Wildman–Crippen LogP) is 3.74. The molecule has 3 saturated carbocycles. The molecule has 0 amide bonds. The lowest BCUT2D eigenvalue weighted by Gasteiger charge is -2.65. The van der Waals surface area contributed by atoms with E-state index in [0.717, 1.165) is 24.2 Å². The van der Waals surface area contributed by atoms with Crippen LogP contribution in [0.1, 0.15) is 52.9 Å². The van der Waals surface area contributed by atoms with E-state index in [1.54, 1.807) is 0 Å². The summed E-state index contributed by atoms with van der Waals surface area (Å²) in [5.74, 6) is 3.28. The average Bonchev–Trinajstić information content (AvgIpc) is 2.70. The first kappa shape index (κ1) is 11.8. The molecule has 96 valence electrons. The maximum atomic E-state index is 6.97. The van der Waals surface area contributed by atoms with Crippen molar-refractivity contribution in [3.8, 4) is 0 Å². The molecule has 0 aromatic heterocycles. The van der Waals surface area contributed by atoms with Gasteiger partial charge in [0.15, 0.2) is 0 Å². The highest BCUT2D eigenvalue weighted by Crippen LogP contribution is 2.74. The number of nitrogens with two attached hydrogens (primary N) is 1. The van der Waals surface area contributed by atoms with E-state index in [4.69, 9.17) is 5.73 Å². The lowest BCUT2D eigenvalue weighted by molar-refractivity contribution is -0.124. The number of fused-ring (bicyclic) bond motifs is 4. The number of allylic oxidation sites excluding steroid dienone is 1. The second-order valence-electron chi connectivity index (χ2n) is 7.43. The fourth-order valence-corrected chi connectivity index (χ4v) is 5.87. The van der Waals surface area contributed by atoms with E-state index >= 15 is 0 Å². The quantitative estimate of drug-likeness (QED) is 0.722. The summed E-state index contributed by atoms with van der Waals surface area (Å²) in [6.45, 7) is 11.2. The van der Waals surface area contributed by atoms with Crippen molar-refractivity contribution in [1.82, 2.24) is 0 Å². The summed E-state index contributed by atoms with van der Waals surface area (Å²) in [5, 5.41) is 0. The van der Waals surface area contributed by atoms with Gasteiger partial charge in [-0.2, -0.15) is 0 Å². The Bertz CT molecular complexity index is 361. The Labute approximate surface area is 106 Å². The van der Waals surface area contributed by atoms with Gasteiger partial charge in [-0.3, -0.25) is 0 Å². The Morgan fingerprint density at radius 2 is 2.06 bits per heavy atom. The number of hydrogen-bond donors (Lipinski definition) is 1. The van der Waals surface area contributed by atoms with Gasteiger partial charge in [0.1, 0.15) is 0 Å². The molecular weight excluding hydrogens is 206 g/mol. The zero-order chi connectivity index (χ0) is 12.4. The lowest BCUT2D eigenvalue weighted by Crippen LogP contribution is -2.73. The minimum atomic E-state index is 0.131. The van der Waals surface area contributed by atoms with Crippen LogP contribution < -0.4 is 5.73 Å². The van der Waals surface area contributed by atoms with Gasteiger partial charge in [0, 0.05) is 5.54 Å². The molecule has 0 radical (unpaired) electrons. The van der Waals surface area contributed by atoms with Gasteiger partial charge in [-0.1, -0.05) is 25.8 Å². The normalized spacial score (nSPS) is 56.2. The van der Waals surface area contributed by atoms with Gasteiger partial charge in [-0.05, 0) is 61.7 Å². The fraction of sp³-hybridized carbons (Fsp3) is 0.875. The van der Waals surface area contributed by atoms with Crippen LogP contribution in [0.3, 0.4) is 0 Å². The zero-order valence-corrected chi connectivity index (χ0v) is 11.6. The van der Waals surface area contributed by atoms with Crippen molar-refractivity contribution in [2.75, 3.05) is 0 Å². The molecule has 6 atom stereocenters. The molecule has 0 spiro atoms. The van der Waals surface area contributed by atoms with Crippen LogP contribution in [-0.2, 0) is 0 Å². The van der Waals surface area contributed by atoms with Gasteiger partial charge < -0.3 is 5.73 Å². The molecule has 17 heavy (non-hydrogen) atoms. The largest absolute Gasteiger partial charge is 0.324 e. The monoisotopic (exact) mass is 233 g/mol. The minimum absolute atomic E-state index is 0.131. The second kappa shape index (κ2) is 3.38. The van der Waals surface area contributed by atoms with E-state index < -0.39 is 0 Å². The summed E-state index contributed by atoms with van der Waals surface area (Å²) in [6.07, 6.45) is 6.68. The lowest BCUT2D eigenvalue weighted by atomic mass is 9.42. The molecule has 0 aliphatic heterocycles. The number of hydrogen-bond acceptors (Lipinski definition) is 1. The summed E-state index contributed by atoms with van der Waals surface area (Å²) in [4.78, 5) is 0. The fourth-order valence-electron chi connectivity index (χ4n) is 5.87. The molecular formula is C16H27N. The molecule has 0 heterocycles. The second-order valence-corrected chi connectivity index (χ2v) is 7.43. The summed E-state index contributed by atoms with van der Waals surface area (Å²) in [7, 11) is 0. The van der Waals surface area contributed by atoms with Crippen LogP contribution in [0.4, 0.5) is 0 Å². The van der Waals surface area contributed by atoms with Gasteiger partial charge in [-0.15, -0.1) is 6.58 Å². The van der Waals surface area contributed by atoms with E-state index in [-0.39, 0.29) is 5.54 Å². The van der Waals surface area contributed by atoms with Crippen molar-refractivity contribution >= 4 is 0 Å². The van der Waals surface area contributed by atoms with E-state index in [1.165, 1.54) is 31.3 Å². The van der Waals surface area contributed by atoms with Crippen molar-refractivity contribution in [3.05, 3.63) is 12.2 Å². The molecule has 0 bridgehead atoms. The molecule has 3 aliphatic rings. The van der Waals surface area contributed by atoms with Crippen LogP contribution in [0.5, 0.6) is 0 Å². The van der Waals surface area contributed by atoms with E-state index in [9.17, 15) is 0 Å². The highest BCUT2D eigenvalue weighted by molar-refractivity contribution is 5.28. The van der Waals surface area contributed by atoms with Gasteiger partial charge in [0.25, 0.3) is 0 Å². The molecule has 1 nitrogen and oxygen atoms in total. The maximum Gasteiger partial charge on any atom is 0.0277 e.